The third-order valence-corrected chi connectivity index (χ3v) is 3.69. The number of hydrogen-bond donors (Lipinski definition) is 2. The fourth-order valence-corrected chi connectivity index (χ4v) is 2.07. The summed E-state index contributed by atoms with van der Waals surface area (Å²) < 4.78 is 10.7. The van der Waals surface area contributed by atoms with Crippen molar-refractivity contribution < 1.29 is 28.7 Å². The van der Waals surface area contributed by atoms with E-state index >= 15 is 0 Å². The Labute approximate surface area is 162 Å². The number of rotatable bonds is 7. The quantitative estimate of drug-likeness (QED) is 0.389. The average molecular weight is 435 g/mol. The zero-order valence-electron chi connectivity index (χ0n) is 13.9. The highest BCUT2D eigenvalue weighted by atomic mass is 79.9. The van der Waals surface area contributed by atoms with Gasteiger partial charge in [-0.05, 0) is 48.5 Å². The maximum absolute atomic E-state index is 11.8. The first kappa shape index (κ1) is 20.1. The number of hydrazine groups is 1. The summed E-state index contributed by atoms with van der Waals surface area (Å²) in [5, 5.41) is 0. The van der Waals surface area contributed by atoms with E-state index in [1.54, 1.807) is 24.3 Å². The average Bonchev–Trinajstić information content (AvgIpc) is 2.69. The van der Waals surface area contributed by atoms with Crippen LogP contribution in [0.5, 0.6) is 5.75 Å². The lowest BCUT2D eigenvalue weighted by atomic mass is 10.2. The van der Waals surface area contributed by atoms with Crippen molar-refractivity contribution in [2.24, 2.45) is 0 Å². The Kier molecular flexibility index (Phi) is 7.50. The van der Waals surface area contributed by atoms with Crippen molar-refractivity contribution >= 4 is 40.0 Å². The highest BCUT2D eigenvalue weighted by Gasteiger charge is 2.10. The van der Waals surface area contributed by atoms with Crippen LogP contribution in [0.15, 0.2) is 53.0 Å². The smallest absolute Gasteiger partial charge is 0.344 e. The Balaban J connectivity index is 1.66. The van der Waals surface area contributed by atoms with Crippen molar-refractivity contribution in [1.29, 1.82) is 0 Å². The van der Waals surface area contributed by atoms with Crippen molar-refractivity contribution in [2.75, 3.05) is 13.2 Å². The summed E-state index contributed by atoms with van der Waals surface area (Å²) in [5.74, 6) is -1.60. The summed E-state index contributed by atoms with van der Waals surface area (Å²) in [5.41, 5.74) is 5.17. The molecule has 2 rings (SSSR count). The van der Waals surface area contributed by atoms with Crippen molar-refractivity contribution in [3.05, 3.63) is 64.1 Å². The zero-order valence-corrected chi connectivity index (χ0v) is 15.5. The van der Waals surface area contributed by atoms with E-state index in [1.807, 2.05) is 0 Å². The number of halogens is 1. The van der Waals surface area contributed by atoms with E-state index in [0.717, 1.165) is 4.47 Å². The van der Waals surface area contributed by atoms with Gasteiger partial charge in [-0.3, -0.25) is 25.2 Å². The maximum atomic E-state index is 11.8. The Morgan fingerprint density at radius 2 is 1.59 bits per heavy atom. The monoisotopic (exact) mass is 434 g/mol. The lowest BCUT2D eigenvalue weighted by Gasteiger charge is -2.09. The van der Waals surface area contributed by atoms with Gasteiger partial charge in [-0.15, -0.1) is 0 Å². The van der Waals surface area contributed by atoms with E-state index in [4.69, 9.17) is 9.47 Å². The molecule has 0 aromatic heterocycles. The molecule has 27 heavy (non-hydrogen) atoms. The van der Waals surface area contributed by atoms with Gasteiger partial charge in [0.05, 0.1) is 0 Å². The molecule has 0 spiro atoms. The standard InChI is InChI=1S/C18H15BrN2O6/c19-14-5-3-13(4-6-14)18(25)21-20-16(23)10-27-17(24)11-26-15-7-1-12(9-22)2-8-15/h1-9H,10-11H2,(H,20,23)(H,21,25). The number of benzene rings is 2. The molecule has 0 saturated heterocycles. The Bertz CT molecular complexity index is 821. The summed E-state index contributed by atoms with van der Waals surface area (Å²) in [6.07, 6.45) is 0.687. The fraction of sp³-hybridized carbons (Fsp3) is 0.111. The van der Waals surface area contributed by atoms with Crippen LogP contribution in [0.1, 0.15) is 20.7 Å². The normalized spacial score (nSPS) is 9.81. The van der Waals surface area contributed by atoms with Gasteiger partial charge in [0.1, 0.15) is 12.0 Å². The van der Waals surface area contributed by atoms with Gasteiger partial charge in [0.15, 0.2) is 13.2 Å². The molecule has 9 heteroatoms. The summed E-state index contributed by atoms with van der Waals surface area (Å²) in [6.45, 7) is -0.980. The highest BCUT2D eigenvalue weighted by Crippen LogP contribution is 2.11. The first-order chi connectivity index (χ1) is 13.0. The number of ether oxygens (including phenoxy) is 2. The Morgan fingerprint density at radius 3 is 2.22 bits per heavy atom. The largest absolute Gasteiger partial charge is 0.482 e. The Hall–Kier alpha value is -3.20. The van der Waals surface area contributed by atoms with Crippen LogP contribution in [-0.4, -0.2) is 37.3 Å². The van der Waals surface area contributed by atoms with Crippen LogP contribution < -0.4 is 15.6 Å². The van der Waals surface area contributed by atoms with Crippen molar-refractivity contribution in [2.45, 2.75) is 0 Å². The van der Waals surface area contributed by atoms with Gasteiger partial charge in [0, 0.05) is 15.6 Å². The van der Waals surface area contributed by atoms with E-state index in [0.29, 0.717) is 23.2 Å². The number of esters is 1. The number of carbonyl (C=O) groups excluding carboxylic acids is 4. The zero-order chi connectivity index (χ0) is 19.6. The van der Waals surface area contributed by atoms with Crippen molar-refractivity contribution in [3.8, 4) is 5.75 Å². The molecule has 140 valence electrons. The molecule has 0 aliphatic carbocycles. The van der Waals surface area contributed by atoms with Gasteiger partial charge < -0.3 is 9.47 Å². The molecule has 2 N–H and O–H groups in total. The molecule has 8 nitrogen and oxygen atoms in total. The second-order valence-corrected chi connectivity index (χ2v) is 6.06. The first-order valence-electron chi connectivity index (χ1n) is 7.66. The number of amides is 2. The third kappa shape index (κ3) is 6.90. The predicted molar refractivity (Wildman–Crippen MR) is 98.0 cm³/mol. The molecule has 0 saturated carbocycles. The molecule has 0 heterocycles. The second-order valence-electron chi connectivity index (χ2n) is 5.15. The van der Waals surface area contributed by atoms with Gasteiger partial charge in [-0.2, -0.15) is 0 Å². The SMILES string of the molecule is O=Cc1ccc(OCC(=O)OCC(=O)NNC(=O)c2ccc(Br)cc2)cc1. The molecule has 2 amide bonds. The van der Waals surface area contributed by atoms with Crippen LogP contribution in [-0.2, 0) is 14.3 Å². The van der Waals surface area contributed by atoms with Gasteiger partial charge in [-0.1, -0.05) is 15.9 Å². The molecular weight excluding hydrogens is 420 g/mol. The molecular formula is C18H15BrN2O6. The van der Waals surface area contributed by atoms with Gasteiger partial charge >= 0.3 is 5.97 Å². The minimum absolute atomic E-state index is 0.351. The molecule has 0 unspecified atom stereocenters. The molecule has 0 bridgehead atoms. The maximum Gasteiger partial charge on any atom is 0.344 e. The minimum atomic E-state index is -0.760. The van der Waals surface area contributed by atoms with Crippen molar-refractivity contribution in [3.63, 3.8) is 0 Å². The Morgan fingerprint density at radius 1 is 0.926 bits per heavy atom. The number of carbonyl (C=O) groups is 4. The van der Waals surface area contributed by atoms with Crippen molar-refractivity contribution in [1.82, 2.24) is 10.9 Å². The highest BCUT2D eigenvalue weighted by molar-refractivity contribution is 9.10. The first-order valence-corrected chi connectivity index (χ1v) is 8.45. The number of hydrogen-bond acceptors (Lipinski definition) is 6. The van der Waals surface area contributed by atoms with E-state index in [-0.39, 0.29) is 0 Å². The molecule has 0 atom stereocenters. The molecule has 0 aliphatic heterocycles. The summed E-state index contributed by atoms with van der Waals surface area (Å²) in [4.78, 5) is 45.5. The van der Waals surface area contributed by atoms with Gasteiger partial charge in [0.25, 0.3) is 11.8 Å². The molecule has 0 radical (unpaired) electrons. The fourth-order valence-electron chi connectivity index (χ4n) is 1.81. The lowest BCUT2D eigenvalue weighted by molar-refractivity contribution is -0.150. The van der Waals surface area contributed by atoms with Crippen LogP contribution in [0.25, 0.3) is 0 Å². The van der Waals surface area contributed by atoms with Crippen LogP contribution in [0.4, 0.5) is 0 Å². The van der Waals surface area contributed by atoms with E-state index in [2.05, 4.69) is 26.8 Å². The van der Waals surface area contributed by atoms with E-state index in [9.17, 15) is 19.2 Å². The van der Waals surface area contributed by atoms with Gasteiger partial charge in [-0.25, -0.2) is 4.79 Å². The molecule has 2 aromatic rings. The summed E-state index contributed by atoms with van der Waals surface area (Å²) in [7, 11) is 0. The van der Waals surface area contributed by atoms with Gasteiger partial charge in [0.2, 0.25) is 0 Å². The number of aldehydes is 1. The summed E-state index contributed by atoms with van der Waals surface area (Å²) >= 11 is 3.25. The summed E-state index contributed by atoms with van der Waals surface area (Å²) in [6, 6.07) is 12.7. The predicted octanol–water partition coefficient (Wildman–Crippen LogP) is 1.64. The van der Waals surface area contributed by atoms with Crippen LogP contribution >= 0.6 is 15.9 Å². The number of nitrogens with one attached hydrogen (secondary N) is 2. The van der Waals surface area contributed by atoms with Crippen LogP contribution in [0, 0.1) is 0 Å². The van der Waals surface area contributed by atoms with Crippen LogP contribution in [0.2, 0.25) is 0 Å². The topological polar surface area (TPSA) is 111 Å². The van der Waals surface area contributed by atoms with E-state index in [1.165, 1.54) is 24.3 Å². The second kappa shape index (κ2) is 10.1. The lowest BCUT2D eigenvalue weighted by Crippen LogP contribution is -2.43. The molecule has 2 aromatic carbocycles. The molecule has 0 fully saturated rings. The van der Waals surface area contributed by atoms with E-state index < -0.39 is 31.0 Å². The molecule has 0 aliphatic rings. The third-order valence-electron chi connectivity index (χ3n) is 3.16. The minimum Gasteiger partial charge on any atom is -0.482 e. The van der Waals surface area contributed by atoms with Crippen LogP contribution in [0.3, 0.4) is 0 Å².